The van der Waals surface area contributed by atoms with Gasteiger partial charge in [-0.2, -0.15) is 10.5 Å². The van der Waals surface area contributed by atoms with Gasteiger partial charge in [-0.05, 0) is 0 Å². The van der Waals surface area contributed by atoms with Crippen molar-refractivity contribution in [3.8, 4) is 12.1 Å². The first-order valence-electron chi connectivity index (χ1n) is 4.16. The Labute approximate surface area is 82.1 Å². The van der Waals surface area contributed by atoms with Gasteiger partial charge in [0, 0.05) is 25.9 Å². The second-order valence-corrected chi connectivity index (χ2v) is 2.50. The van der Waals surface area contributed by atoms with Crippen molar-refractivity contribution in [3.05, 3.63) is 0 Å². The average molecular weight is 196 g/mol. The molecule has 0 aromatic heterocycles. The minimum atomic E-state index is -1.04. The molecule has 0 bridgehead atoms. The van der Waals surface area contributed by atoms with E-state index in [1.807, 2.05) is 12.1 Å². The quantitative estimate of drug-likeness (QED) is 0.370. The van der Waals surface area contributed by atoms with Crippen LogP contribution in [0.4, 0.5) is 0 Å². The fraction of sp³-hybridized carbons (Fsp3) is 0.625. The van der Waals surface area contributed by atoms with E-state index in [0.29, 0.717) is 13.1 Å². The highest BCUT2D eigenvalue weighted by atomic mass is 16.4. The zero-order valence-electron chi connectivity index (χ0n) is 7.66. The van der Waals surface area contributed by atoms with Gasteiger partial charge in [0.2, 0.25) is 0 Å². The summed E-state index contributed by atoms with van der Waals surface area (Å²) < 4.78 is 0. The van der Waals surface area contributed by atoms with E-state index in [4.69, 9.17) is 15.6 Å². The van der Waals surface area contributed by atoms with Gasteiger partial charge >= 0.3 is 5.97 Å². The van der Waals surface area contributed by atoms with Crippen LogP contribution < -0.4 is 10.6 Å². The molecule has 0 heterocycles. The lowest BCUT2D eigenvalue weighted by molar-refractivity contribution is -0.140. The van der Waals surface area contributed by atoms with E-state index in [1.165, 1.54) is 0 Å². The number of nitriles is 2. The highest BCUT2D eigenvalue weighted by molar-refractivity contribution is 5.72. The molecule has 0 saturated carbocycles. The predicted molar refractivity (Wildman–Crippen MR) is 47.9 cm³/mol. The lowest BCUT2D eigenvalue weighted by Crippen LogP contribution is -2.48. The molecule has 14 heavy (non-hydrogen) atoms. The maximum absolute atomic E-state index is 10.6. The van der Waals surface area contributed by atoms with Crippen molar-refractivity contribution in [3.63, 3.8) is 0 Å². The van der Waals surface area contributed by atoms with Crippen molar-refractivity contribution in [1.29, 1.82) is 10.5 Å². The van der Waals surface area contributed by atoms with Gasteiger partial charge in [0.1, 0.15) is 0 Å². The molecule has 0 aliphatic carbocycles. The Kier molecular flexibility index (Phi) is 7.06. The number of nitrogens with one attached hydrogen (secondary N) is 2. The van der Waals surface area contributed by atoms with Crippen molar-refractivity contribution in [2.75, 3.05) is 13.1 Å². The van der Waals surface area contributed by atoms with Gasteiger partial charge in [-0.15, -0.1) is 0 Å². The second kappa shape index (κ2) is 7.99. The van der Waals surface area contributed by atoms with E-state index in [1.54, 1.807) is 0 Å². The number of nitrogens with zero attached hydrogens (tertiary/aromatic N) is 2. The first kappa shape index (κ1) is 12.4. The number of carbonyl (C=O) groups is 1. The maximum Gasteiger partial charge on any atom is 0.335 e. The monoisotopic (exact) mass is 196 g/mol. The number of carboxylic acid groups (broad SMARTS) is 1. The molecule has 0 aromatic carbocycles. The topological polar surface area (TPSA) is 109 Å². The van der Waals surface area contributed by atoms with Crippen LogP contribution in [-0.2, 0) is 4.79 Å². The predicted octanol–water partition coefficient (Wildman–Crippen LogP) is -0.596. The van der Waals surface area contributed by atoms with Crippen molar-refractivity contribution < 1.29 is 9.90 Å². The molecule has 0 spiro atoms. The summed E-state index contributed by atoms with van der Waals surface area (Å²) in [5, 5.41) is 30.4. The molecule has 0 aromatic rings. The summed E-state index contributed by atoms with van der Waals surface area (Å²) in [6.45, 7) is 0.625. The van der Waals surface area contributed by atoms with Crippen LogP contribution in [0.3, 0.4) is 0 Å². The summed E-state index contributed by atoms with van der Waals surface area (Å²) in [7, 11) is 0. The average Bonchev–Trinajstić information content (AvgIpc) is 2.15. The molecule has 0 atom stereocenters. The van der Waals surface area contributed by atoms with Crippen molar-refractivity contribution in [2.45, 2.75) is 19.0 Å². The molecule has 76 valence electrons. The molecule has 0 saturated heterocycles. The van der Waals surface area contributed by atoms with Gasteiger partial charge in [-0.25, -0.2) is 4.79 Å². The highest BCUT2D eigenvalue weighted by Gasteiger charge is 2.14. The number of hydrogen-bond acceptors (Lipinski definition) is 5. The Morgan fingerprint density at radius 2 is 1.64 bits per heavy atom. The summed E-state index contributed by atoms with van der Waals surface area (Å²) in [5.74, 6) is -1.04. The summed E-state index contributed by atoms with van der Waals surface area (Å²) in [6.07, 6.45) is -0.385. The molecule has 6 nitrogen and oxygen atoms in total. The Hall–Kier alpha value is -1.63. The largest absolute Gasteiger partial charge is 0.479 e. The Morgan fingerprint density at radius 3 is 1.93 bits per heavy atom. The SMILES string of the molecule is N#CCCNC(NCCC#N)C(=O)O. The zero-order valence-corrected chi connectivity index (χ0v) is 7.66. The van der Waals surface area contributed by atoms with Gasteiger partial charge in [0.25, 0.3) is 0 Å². The molecular weight excluding hydrogens is 184 g/mol. The van der Waals surface area contributed by atoms with E-state index >= 15 is 0 Å². The van der Waals surface area contributed by atoms with Gasteiger partial charge in [-0.1, -0.05) is 0 Å². The number of rotatable bonds is 7. The van der Waals surface area contributed by atoms with Crippen LogP contribution in [0.15, 0.2) is 0 Å². The molecule has 0 aliphatic heterocycles. The number of hydrogen-bond donors (Lipinski definition) is 3. The molecule has 3 N–H and O–H groups in total. The van der Waals surface area contributed by atoms with Crippen LogP contribution in [0.5, 0.6) is 0 Å². The molecular formula is C8H12N4O2. The van der Waals surface area contributed by atoms with E-state index in [-0.39, 0.29) is 12.8 Å². The third-order valence-corrected chi connectivity index (χ3v) is 1.42. The van der Waals surface area contributed by atoms with Crippen molar-refractivity contribution in [2.24, 2.45) is 0 Å². The smallest absolute Gasteiger partial charge is 0.335 e. The molecule has 0 amide bonds. The first-order valence-corrected chi connectivity index (χ1v) is 4.16. The Morgan fingerprint density at radius 1 is 1.21 bits per heavy atom. The van der Waals surface area contributed by atoms with E-state index in [0.717, 1.165) is 0 Å². The highest BCUT2D eigenvalue weighted by Crippen LogP contribution is 1.82. The standard InChI is InChI=1S/C8H12N4O2/c9-3-1-5-11-7(8(13)14)12-6-2-4-10/h7,11-12H,1-2,5-6H2,(H,13,14). The fourth-order valence-electron chi connectivity index (χ4n) is 0.792. The Bertz CT molecular complexity index is 233. The molecule has 0 fully saturated rings. The summed E-state index contributed by atoms with van der Waals surface area (Å²) in [5.41, 5.74) is 0. The normalized spacial score (nSPS) is 9.36. The van der Waals surface area contributed by atoms with Crippen LogP contribution in [0, 0.1) is 22.7 Å². The fourth-order valence-corrected chi connectivity index (χ4v) is 0.792. The number of aliphatic carboxylic acids is 1. The Balaban J connectivity index is 3.74. The molecule has 0 unspecified atom stereocenters. The minimum Gasteiger partial charge on any atom is -0.479 e. The van der Waals surface area contributed by atoms with Gasteiger partial charge in [-0.3, -0.25) is 10.6 Å². The molecule has 0 aliphatic rings. The minimum absolute atomic E-state index is 0.254. The van der Waals surface area contributed by atoms with Gasteiger partial charge in [0.15, 0.2) is 6.17 Å². The summed E-state index contributed by atoms with van der Waals surface area (Å²) >= 11 is 0. The lowest BCUT2D eigenvalue weighted by Gasteiger charge is -2.13. The van der Waals surface area contributed by atoms with E-state index in [2.05, 4.69) is 10.6 Å². The lowest BCUT2D eigenvalue weighted by atomic mass is 10.4. The van der Waals surface area contributed by atoms with Crippen LogP contribution in [-0.4, -0.2) is 30.3 Å². The third kappa shape index (κ3) is 5.95. The number of carboxylic acids is 1. The van der Waals surface area contributed by atoms with Crippen molar-refractivity contribution in [1.82, 2.24) is 10.6 Å². The van der Waals surface area contributed by atoms with E-state index < -0.39 is 12.1 Å². The van der Waals surface area contributed by atoms with Crippen LogP contribution in [0.2, 0.25) is 0 Å². The van der Waals surface area contributed by atoms with Crippen LogP contribution in [0.1, 0.15) is 12.8 Å². The van der Waals surface area contributed by atoms with Crippen LogP contribution >= 0.6 is 0 Å². The summed E-state index contributed by atoms with van der Waals surface area (Å²) in [4.78, 5) is 10.6. The summed E-state index contributed by atoms with van der Waals surface area (Å²) in [6, 6.07) is 3.79. The third-order valence-electron chi connectivity index (χ3n) is 1.42. The zero-order chi connectivity index (χ0) is 10.8. The first-order chi connectivity index (χ1) is 6.72. The van der Waals surface area contributed by atoms with Crippen LogP contribution in [0.25, 0.3) is 0 Å². The van der Waals surface area contributed by atoms with Crippen molar-refractivity contribution >= 4 is 5.97 Å². The van der Waals surface area contributed by atoms with E-state index in [9.17, 15) is 4.79 Å². The molecule has 0 rings (SSSR count). The second-order valence-electron chi connectivity index (χ2n) is 2.50. The van der Waals surface area contributed by atoms with Gasteiger partial charge in [0.05, 0.1) is 12.1 Å². The molecule has 6 heteroatoms. The molecule has 0 radical (unpaired) electrons. The maximum atomic E-state index is 10.6. The van der Waals surface area contributed by atoms with Gasteiger partial charge < -0.3 is 5.11 Å².